The predicted octanol–water partition coefficient (Wildman–Crippen LogP) is 4.25. The van der Waals surface area contributed by atoms with E-state index in [4.69, 9.17) is 5.73 Å². The van der Waals surface area contributed by atoms with Crippen molar-refractivity contribution < 1.29 is 15.0 Å². The van der Waals surface area contributed by atoms with Crippen LogP contribution in [0.5, 0.6) is 0 Å². The molecule has 5 N–H and O–H groups in total. The Labute approximate surface area is 201 Å². The van der Waals surface area contributed by atoms with E-state index < -0.39 is 0 Å². The first kappa shape index (κ1) is 25.4. The van der Waals surface area contributed by atoms with Crippen LogP contribution in [0.15, 0.2) is 0 Å². The van der Waals surface area contributed by atoms with Crippen LogP contribution in [-0.4, -0.2) is 41.4 Å². The summed E-state index contributed by atoms with van der Waals surface area (Å²) in [7, 11) is 0. The van der Waals surface area contributed by atoms with Crippen molar-refractivity contribution in [1.82, 2.24) is 5.32 Å². The molecular weight excluding hydrogens is 412 g/mol. The second-order valence-electron chi connectivity index (χ2n) is 12.7. The van der Waals surface area contributed by atoms with E-state index in [1.165, 1.54) is 25.7 Å². The van der Waals surface area contributed by atoms with E-state index in [9.17, 15) is 15.0 Å². The molecule has 4 saturated carbocycles. The van der Waals surface area contributed by atoms with Gasteiger partial charge in [0, 0.05) is 13.0 Å². The summed E-state index contributed by atoms with van der Waals surface area (Å²) in [5, 5.41) is 25.0. The van der Waals surface area contributed by atoms with Gasteiger partial charge in [-0.05, 0) is 124 Å². The van der Waals surface area contributed by atoms with Crippen molar-refractivity contribution in [2.24, 2.45) is 52.1 Å². The monoisotopic (exact) mass is 462 g/mol. The minimum absolute atomic E-state index is 0.0183. The maximum atomic E-state index is 12.3. The number of aliphatic hydroxyl groups excluding tert-OH is 2. The lowest BCUT2D eigenvalue weighted by molar-refractivity contribution is -0.174. The quantitative estimate of drug-likeness (QED) is 0.406. The summed E-state index contributed by atoms with van der Waals surface area (Å²) in [5.41, 5.74) is 5.80. The molecule has 5 nitrogen and oxygen atoms in total. The standard InChI is InChI=1S/C28H50N2O3/c1-18(6-11-26(33)30-15-5-4-14-29)22-9-10-23-21-8-7-19-16-20(31)12-13-27(19,2)24(21)17-25(32)28(22,23)3/h18-25,31-32H,4-17,29H2,1-3H3,(H,30,33)/t18-,19?,20-,21?,22?,23?,24?,25+,27+,28-/m1/s1. The Morgan fingerprint density at radius 1 is 1.06 bits per heavy atom. The molecule has 0 aromatic carbocycles. The molecule has 0 heterocycles. The van der Waals surface area contributed by atoms with Gasteiger partial charge >= 0.3 is 0 Å². The van der Waals surface area contributed by atoms with Gasteiger partial charge in [0.25, 0.3) is 0 Å². The van der Waals surface area contributed by atoms with Crippen molar-refractivity contribution in [3.63, 3.8) is 0 Å². The molecule has 33 heavy (non-hydrogen) atoms. The molecule has 5 heteroatoms. The smallest absolute Gasteiger partial charge is 0.220 e. The van der Waals surface area contributed by atoms with Crippen LogP contribution in [0, 0.1) is 46.3 Å². The topological polar surface area (TPSA) is 95.6 Å². The van der Waals surface area contributed by atoms with Gasteiger partial charge in [0.2, 0.25) is 5.91 Å². The van der Waals surface area contributed by atoms with Gasteiger partial charge in [-0.15, -0.1) is 0 Å². The van der Waals surface area contributed by atoms with E-state index >= 15 is 0 Å². The molecule has 10 atom stereocenters. The van der Waals surface area contributed by atoms with E-state index in [0.29, 0.717) is 42.6 Å². The Morgan fingerprint density at radius 2 is 1.85 bits per heavy atom. The minimum atomic E-state index is -0.244. The lowest BCUT2D eigenvalue weighted by Crippen LogP contribution is -2.58. The molecule has 0 radical (unpaired) electrons. The third-order valence-corrected chi connectivity index (χ3v) is 11.3. The molecular formula is C28H50N2O3. The van der Waals surface area contributed by atoms with Crippen molar-refractivity contribution in [1.29, 1.82) is 0 Å². The zero-order chi connectivity index (χ0) is 23.8. The van der Waals surface area contributed by atoms with Gasteiger partial charge in [-0.25, -0.2) is 0 Å². The van der Waals surface area contributed by atoms with Crippen LogP contribution >= 0.6 is 0 Å². The van der Waals surface area contributed by atoms with Gasteiger partial charge in [0.1, 0.15) is 0 Å². The molecule has 0 aromatic heterocycles. The summed E-state index contributed by atoms with van der Waals surface area (Å²) >= 11 is 0. The van der Waals surface area contributed by atoms with E-state index in [1.807, 2.05) is 0 Å². The first-order valence-electron chi connectivity index (χ1n) is 14.0. The van der Waals surface area contributed by atoms with Gasteiger partial charge < -0.3 is 21.3 Å². The first-order chi connectivity index (χ1) is 15.7. The summed E-state index contributed by atoms with van der Waals surface area (Å²) in [6.45, 7) is 8.60. The number of nitrogens with two attached hydrogens (primary N) is 1. The number of nitrogens with one attached hydrogen (secondary N) is 1. The van der Waals surface area contributed by atoms with Crippen molar-refractivity contribution in [2.75, 3.05) is 13.1 Å². The molecule has 0 aromatic rings. The number of hydrogen-bond donors (Lipinski definition) is 4. The highest BCUT2D eigenvalue weighted by molar-refractivity contribution is 5.75. The largest absolute Gasteiger partial charge is 0.393 e. The number of carbonyl (C=O) groups excluding carboxylic acids is 1. The van der Waals surface area contributed by atoms with Crippen LogP contribution in [-0.2, 0) is 4.79 Å². The number of rotatable bonds is 8. The Bertz CT molecular complexity index is 686. The lowest BCUT2D eigenvalue weighted by Gasteiger charge is -2.62. The number of amides is 1. The third kappa shape index (κ3) is 4.63. The molecule has 4 rings (SSSR count). The highest BCUT2D eigenvalue weighted by atomic mass is 16.3. The highest BCUT2D eigenvalue weighted by Crippen LogP contribution is 2.68. The normalized spacial score (nSPS) is 45.6. The maximum absolute atomic E-state index is 12.3. The van der Waals surface area contributed by atoms with Crippen LogP contribution in [0.2, 0.25) is 0 Å². The molecule has 0 saturated heterocycles. The van der Waals surface area contributed by atoms with Gasteiger partial charge in [-0.2, -0.15) is 0 Å². The molecule has 0 aliphatic heterocycles. The molecule has 0 bridgehead atoms. The summed E-state index contributed by atoms with van der Waals surface area (Å²) < 4.78 is 0. The Hall–Kier alpha value is -0.650. The second-order valence-corrected chi connectivity index (χ2v) is 12.7. The predicted molar refractivity (Wildman–Crippen MR) is 132 cm³/mol. The fourth-order valence-corrected chi connectivity index (χ4v) is 9.31. The average molecular weight is 463 g/mol. The third-order valence-electron chi connectivity index (χ3n) is 11.3. The zero-order valence-electron chi connectivity index (χ0n) is 21.4. The number of hydrogen-bond acceptors (Lipinski definition) is 4. The molecule has 4 fully saturated rings. The van der Waals surface area contributed by atoms with E-state index in [1.54, 1.807) is 0 Å². The number of carbonyl (C=O) groups is 1. The fourth-order valence-electron chi connectivity index (χ4n) is 9.31. The SMILES string of the molecule is C[C@H](CCC(=O)NCCCCN)C1CCC2C3CCC4C[C@H](O)CC[C@]4(C)C3C[C@H](O)[C@@]21C. The number of unbranched alkanes of at least 4 members (excludes halogenated alkanes) is 1. The summed E-state index contributed by atoms with van der Waals surface area (Å²) in [6, 6.07) is 0. The van der Waals surface area contributed by atoms with Crippen LogP contribution < -0.4 is 11.1 Å². The zero-order valence-corrected chi connectivity index (χ0v) is 21.4. The molecule has 190 valence electrons. The van der Waals surface area contributed by atoms with Crippen molar-refractivity contribution in [3.05, 3.63) is 0 Å². The maximum Gasteiger partial charge on any atom is 0.220 e. The molecule has 0 spiro atoms. The number of aliphatic hydroxyl groups is 2. The van der Waals surface area contributed by atoms with Gasteiger partial charge in [0.15, 0.2) is 0 Å². The minimum Gasteiger partial charge on any atom is -0.393 e. The van der Waals surface area contributed by atoms with Gasteiger partial charge in [-0.3, -0.25) is 4.79 Å². The molecule has 4 aliphatic carbocycles. The van der Waals surface area contributed by atoms with E-state index in [0.717, 1.165) is 57.4 Å². The van der Waals surface area contributed by atoms with E-state index in [-0.39, 0.29) is 28.9 Å². The van der Waals surface area contributed by atoms with Crippen molar-refractivity contribution >= 4 is 5.91 Å². The number of fused-ring (bicyclic) bond motifs is 5. The summed E-state index contributed by atoms with van der Waals surface area (Å²) in [4.78, 5) is 12.3. The Morgan fingerprint density at radius 3 is 2.61 bits per heavy atom. The first-order valence-corrected chi connectivity index (χ1v) is 14.0. The van der Waals surface area contributed by atoms with Gasteiger partial charge in [-0.1, -0.05) is 20.8 Å². The van der Waals surface area contributed by atoms with Gasteiger partial charge in [0.05, 0.1) is 12.2 Å². The van der Waals surface area contributed by atoms with Crippen molar-refractivity contribution in [2.45, 2.75) is 110 Å². The Balaban J connectivity index is 1.40. The lowest BCUT2D eigenvalue weighted by atomic mass is 9.43. The molecule has 1 amide bonds. The fraction of sp³-hybridized carbons (Fsp3) is 0.964. The average Bonchev–Trinajstić information content (AvgIpc) is 3.15. The van der Waals surface area contributed by atoms with Crippen LogP contribution in [0.25, 0.3) is 0 Å². The molecule has 4 aliphatic rings. The van der Waals surface area contributed by atoms with Crippen LogP contribution in [0.4, 0.5) is 0 Å². The highest BCUT2D eigenvalue weighted by Gasteiger charge is 2.63. The molecule has 5 unspecified atom stereocenters. The van der Waals surface area contributed by atoms with Crippen LogP contribution in [0.1, 0.15) is 97.8 Å². The summed E-state index contributed by atoms with van der Waals surface area (Å²) in [6.07, 6.45) is 12.0. The van der Waals surface area contributed by atoms with Crippen molar-refractivity contribution in [3.8, 4) is 0 Å². The summed E-state index contributed by atoms with van der Waals surface area (Å²) in [5.74, 6) is 3.67. The van der Waals surface area contributed by atoms with Crippen LogP contribution in [0.3, 0.4) is 0 Å². The Kier molecular flexibility index (Phi) is 7.82. The van der Waals surface area contributed by atoms with E-state index in [2.05, 4.69) is 26.1 Å². The second kappa shape index (κ2) is 10.1.